The Labute approximate surface area is 156 Å². The van der Waals surface area contributed by atoms with Gasteiger partial charge in [0.1, 0.15) is 5.84 Å². The molecule has 2 aromatic carbocycles. The minimum Gasteiger partial charge on any atom is -0.384 e. The average molecular weight is 348 g/mol. The molecule has 0 amide bonds. The fourth-order valence-electron chi connectivity index (χ4n) is 3.22. The summed E-state index contributed by atoms with van der Waals surface area (Å²) in [6.45, 7) is 3.32. The van der Waals surface area contributed by atoms with E-state index in [9.17, 15) is 0 Å². The molecule has 1 heterocycles. The third-order valence-corrected chi connectivity index (χ3v) is 4.73. The average Bonchev–Trinajstić information content (AvgIpc) is 2.69. The van der Waals surface area contributed by atoms with Gasteiger partial charge in [-0.25, -0.2) is 0 Å². The first-order chi connectivity index (χ1) is 12.8. The van der Waals surface area contributed by atoms with Crippen LogP contribution in [0.25, 0.3) is 0 Å². The van der Waals surface area contributed by atoms with Crippen LogP contribution in [0.1, 0.15) is 18.4 Å². The number of anilines is 1. The molecule has 0 bridgehead atoms. The molecule has 1 saturated heterocycles. The van der Waals surface area contributed by atoms with Crippen molar-refractivity contribution in [2.75, 3.05) is 25.0 Å². The highest BCUT2D eigenvalue weighted by molar-refractivity contribution is 5.91. The number of rotatable bonds is 7. The second-order valence-electron chi connectivity index (χ2n) is 6.71. The van der Waals surface area contributed by atoms with Crippen LogP contribution in [0.15, 0.2) is 77.9 Å². The minimum absolute atomic E-state index is 0.337. The van der Waals surface area contributed by atoms with Gasteiger partial charge in [-0.3, -0.25) is 4.99 Å². The molecule has 1 aliphatic heterocycles. The number of nitrogens with one attached hydrogen (secondary N) is 1. The summed E-state index contributed by atoms with van der Waals surface area (Å²) in [5.41, 5.74) is 8.50. The summed E-state index contributed by atoms with van der Waals surface area (Å²) >= 11 is 0. The highest BCUT2D eigenvalue weighted by atomic mass is 15.1. The number of benzene rings is 2. The molecule has 136 valence electrons. The molecule has 26 heavy (non-hydrogen) atoms. The van der Waals surface area contributed by atoms with E-state index in [2.05, 4.69) is 45.5 Å². The van der Waals surface area contributed by atoms with Crippen LogP contribution < -0.4 is 11.1 Å². The molecule has 1 fully saturated rings. The maximum absolute atomic E-state index is 6.05. The van der Waals surface area contributed by atoms with Gasteiger partial charge in [0.25, 0.3) is 0 Å². The minimum atomic E-state index is 0.337. The van der Waals surface area contributed by atoms with Crippen LogP contribution in [0.4, 0.5) is 5.69 Å². The quantitative estimate of drug-likeness (QED) is 0.593. The Hall–Kier alpha value is -2.59. The summed E-state index contributed by atoms with van der Waals surface area (Å²) in [6, 6.07) is 21.1. The summed E-state index contributed by atoms with van der Waals surface area (Å²) in [7, 11) is 0. The lowest BCUT2D eigenvalue weighted by Crippen LogP contribution is -2.37. The molecular weight excluding hydrogens is 320 g/mol. The molecule has 0 unspecified atom stereocenters. The van der Waals surface area contributed by atoms with Gasteiger partial charge in [0.2, 0.25) is 0 Å². The summed E-state index contributed by atoms with van der Waals surface area (Å²) in [4.78, 5) is 7.19. The second-order valence-corrected chi connectivity index (χ2v) is 6.71. The third kappa shape index (κ3) is 6.05. The molecule has 0 saturated carbocycles. The van der Waals surface area contributed by atoms with Gasteiger partial charge in [-0.05, 0) is 43.0 Å². The molecule has 1 aliphatic rings. The number of nitrogens with two attached hydrogens (primary N) is 1. The Kier molecular flexibility index (Phi) is 6.85. The molecule has 3 rings (SSSR count). The lowest BCUT2D eigenvalue weighted by molar-refractivity contribution is 0.216. The summed E-state index contributed by atoms with van der Waals surface area (Å²) in [5.74, 6) is 0.594. The Balaban J connectivity index is 1.39. The van der Waals surface area contributed by atoms with Crippen molar-refractivity contribution in [3.8, 4) is 0 Å². The van der Waals surface area contributed by atoms with E-state index in [1.165, 1.54) is 5.56 Å². The van der Waals surface area contributed by atoms with E-state index >= 15 is 0 Å². The van der Waals surface area contributed by atoms with Crippen molar-refractivity contribution in [3.63, 3.8) is 0 Å². The van der Waals surface area contributed by atoms with Crippen molar-refractivity contribution in [2.45, 2.75) is 25.3 Å². The van der Waals surface area contributed by atoms with Gasteiger partial charge in [-0.2, -0.15) is 0 Å². The van der Waals surface area contributed by atoms with Gasteiger partial charge in [0.05, 0.1) is 6.04 Å². The molecule has 2 aromatic rings. The maximum Gasteiger partial charge on any atom is 0.119 e. The van der Waals surface area contributed by atoms with E-state index in [-0.39, 0.29) is 0 Å². The van der Waals surface area contributed by atoms with E-state index in [1.807, 2.05) is 42.6 Å². The second kappa shape index (κ2) is 9.78. The van der Waals surface area contributed by atoms with Gasteiger partial charge < -0.3 is 16.0 Å². The van der Waals surface area contributed by atoms with Crippen LogP contribution in [0.2, 0.25) is 0 Å². The Morgan fingerprint density at radius 3 is 2.38 bits per heavy atom. The number of piperidine rings is 1. The van der Waals surface area contributed by atoms with Gasteiger partial charge in [-0.15, -0.1) is 0 Å². The smallest absolute Gasteiger partial charge is 0.119 e. The zero-order chi connectivity index (χ0) is 18.0. The molecule has 0 aliphatic carbocycles. The van der Waals surface area contributed by atoms with Crippen molar-refractivity contribution in [1.29, 1.82) is 0 Å². The highest BCUT2D eigenvalue weighted by Crippen LogP contribution is 2.14. The standard InChI is InChI=1S/C22H28N4/c23-22(11-15-24-20-9-5-2-6-10-20)25-21-13-17-26(18-14-21)16-12-19-7-3-1-4-8-19/h1-11,15,21,24H,12-14,16-18H2,(H2,23,25)/b15-11-. The molecule has 0 radical (unpaired) electrons. The van der Waals surface area contributed by atoms with Gasteiger partial charge >= 0.3 is 0 Å². The Morgan fingerprint density at radius 2 is 1.69 bits per heavy atom. The monoisotopic (exact) mass is 348 g/mol. The third-order valence-electron chi connectivity index (χ3n) is 4.73. The van der Waals surface area contributed by atoms with Gasteiger partial charge in [-0.1, -0.05) is 48.5 Å². The van der Waals surface area contributed by atoms with Crippen molar-refractivity contribution < 1.29 is 0 Å². The molecule has 0 atom stereocenters. The van der Waals surface area contributed by atoms with E-state index in [0.29, 0.717) is 11.9 Å². The fraction of sp³-hybridized carbons (Fsp3) is 0.318. The first kappa shape index (κ1) is 18.2. The van der Waals surface area contributed by atoms with Crippen LogP contribution in [-0.2, 0) is 6.42 Å². The van der Waals surface area contributed by atoms with E-state index in [4.69, 9.17) is 5.73 Å². The molecule has 0 aromatic heterocycles. The lowest BCUT2D eigenvalue weighted by Gasteiger charge is -2.30. The topological polar surface area (TPSA) is 53.6 Å². The molecule has 4 heteroatoms. The van der Waals surface area contributed by atoms with E-state index < -0.39 is 0 Å². The molecular formula is C22H28N4. The van der Waals surface area contributed by atoms with Gasteiger partial charge in [0, 0.05) is 31.5 Å². The first-order valence-electron chi connectivity index (χ1n) is 9.37. The molecule has 4 nitrogen and oxygen atoms in total. The zero-order valence-electron chi connectivity index (χ0n) is 15.2. The number of likely N-dealkylation sites (tertiary alicyclic amines) is 1. The SMILES string of the molecule is NC(/C=C\Nc1ccccc1)=NC1CCN(CCc2ccccc2)CC1. The number of amidine groups is 1. The fourth-order valence-corrected chi connectivity index (χ4v) is 3.22. The predicted molar refractivity (Wildman–Crippen MR) is 110 cm³/mol. The van der Waals surface area contributed by atoms with Crippen molar-refractivity contribution in [2.24, 2.45) is 10.7 Å². The molecule has 0 spiro atoms. The predicted octanol–water partition coefficient (Wildman–Crippen LogP) is 3.68. The van der Waals surface area contributed by atoms with Crippen molar-refractivity contribution >= 4 is 11.5 Å². The Morgan fingerprint density at radius 1 is 1.04 bits per heavy atom. The van der Waals surface area contributed by atoms with Crippen LogP contribution in [0.5, 0.6) is 0 Å². The highest BCUT2D eigenvalue weighted by Gasteiger charge is 2.18. The van der Waals surface area contributed by atoms with Crippen LogP contribution >= 0.6 is 0 Å². The summed E-state index contributed by atoms with van der Waals surface area (Å²) in [5, 5.41) is 3.20. The van der Waals surface area contributed by atoms with Crippen LogP contribution in [-0.4, -0.2) is 36.4 Å². The number of hydrogen-bond acceptors (Lipinski definition) is 3. The number of para-hydroxylation sites is 1. The zero-order valence-corrected chi connectivity index (χ0v) is 15.2. The summed E-state index contributed by atoms with van der Waals surface area (Å²) in [6.07, 6.45) is 6.97. The first-order valence-corrected chi connectivity index (χ1v) is 9.37. The van der Waals surface area contributed by atoms with Crippen LogP contribution in [0, 0.1) is 0 Å². The van der Waals surface area contributed by atoms with Crippen molar-refractivity contribution in [1.82, 2.24) is 4.90 Å². The largest absolute Gasteiger partial charge is 0.384 e. The van der Waals surface area contributed by atoms with E-state index in [0.717, 1.165) is 44.6 Å². The summed E-state index contributed by atoms with van der Waals surface area (Å²) < 4.78 is 0. The number of nitrogens with zero attached hydrogens (tertiary/aromatic N) is 2. The number of hydrogen-bond donors (Lipinski definition) is 2. The van der Waals surface area contributed by atoms with E-state index in [1.54, 1.807) is 0 Å². The van der Waals surface area contributed by atoms with Crippen LogP contribution in [0.3, 0.4) is 0 Å². The lowest BCUT2D eigenvalue weighted by atomic mass is 10.0. The molecule has 3 N–H and O–H groups in total. The Bertz CT molecular complexity index is 701. The normalized spacial score (nSPS) is 16.8. The van der Waals surface area contributed by atoms with Gasteiger partial charge in [0.15, 0.2) is 0 Å². The maximum atomic E-state index is 6.05. The van der Waals surface area contributed by atoms with Crippen molar-refractivity contribution in [3.05, 3.63) is 78.5 Å². The number of aliphatic imine (C=N–C) groups is 1.